The van der Waals surface area contributed by atoms with Crippen LogP contribution in [0, 0.1) is 0 Å². The first kappa shape index (κ1) is 10.9. The van der Waals surface area contributed by atoms with Gasteiger partial charge < -0.3 is 5.32 Å². The van der Waals surface area contributed by atoms with Gasteiger partial charge in [-0.2, -0.15) is 5.10 Å². The van der Waals surface area contributed by atoms with E-state index in [2.05, 4.69) is 41.6 Å². The maximum Gasteiger partial charge on any atom is 0.0568 e. The van der Waals surface area contributed by atoms with Crippen molar-refractivity contribution >= 4 is 0 Å². The van der Waals surface area contributed by atoms with Gasteiger partial charge in [-0.1, -0.05) is 24.3 Å². The summed E-state index contributed by atoms with van der Waals surface area (Å²) in [7, 11) is 3.91. The Morgan fingerprint density at radius 2 is 2.06 bits per heavy atom. The van der Waals surface area contributed by atoms with Gasteiger partial charge in [0.2, 0.25) is 0 Å². The van der Waals surface area contributed by atoms with Gasteiger partial charge in [0, 0.05) is 24.8 Å². The molecule has 0 saturated carbocycles. The van der Waals surface area contributed by atoms with E-state index in [0.29, 0.717) is 6.04 Å². The minimum absolute atomic E-state index is 0.344. The van der Waals surface area contributed by atoms with Crippen LogP contribution in [0.15, 0.2) is 36.7 Å². The second kappa shape index (κ2) is 4.49. The Morgan fingerprint density at radius 3 is 2.69 bits per heavy atom. The first-order valence-electron chi connectivity index (χ1n) is 5.47. The van der Waals surface area contributed by atoms with Crippen LogP contribution < -0.4 is 5.32 Å². The summed E-state index contributed by atoms with van der Waals surface area (Å²) in [6, 6.07) is 8.78. The Bertz CT molecular complexity index is 474. The third kappa shape index (κ3) is 1.99. The number of nitrogens with one attached hydrogen (secondary N) is 1. The number of aryl methyl sites for hydroxylation is 1. The number of nitrogens with zero attached hydrogens (tertiary/aromatic N) is 2. The van der Waals surface area contributed by atoms with E-state index in [1.807, 2.05) is 31.2 Å². The summed E-state index contributed by atoms with van der Waals surface area (Å²) in [5.74, 6) is 0. The summed E-state index contributed by atoms with van der Waals surface area (Å²) in [6.07, 6.45) is 3.95. The van der Waals surface area contributed by atoms with Gasteiger partial charge >= 0.3 is 0 Å². The van der Waals surface area contributed by atoms with Crippen LogP contribution in [0.1, 0.15) is 18.5 Å². The van der Waals surface area contributed by atoms with Gasteiger partial charge in [-0.15, -0.1) is 0 Å². The molecule has 0 aliphatic rings. The lowest BCUT2D eigenvalue weighted by molar-refractivity contribution is 0.654. The fraction of sp³-hybridized carbons (Fsp3) is 0.308. The largest absolute Gasteiger partial charge is 0.313 e. The molecule has 3 heteroatoms. The zero-order chi connectivity index (χ0) is 11.5. The highest BCUT2D eigenvalue weighted by Gasteiger charge is 2.10. The zero-order valence-corrected chi connectivity index (χ0v) is 9.94. The molecular formula is C13H17N3. The Labute approximate surface area is 96.1 Å². The van der Waals surface area contributed by atoms with Crippen LogP contribution in [-0.4, -0.2) is 16.8 Å². The minimum Gasteiger partial charge on any atom is -0.313 e. The van der Waals surface area contributed by atoms with E-state index in [-0.39, 0.29) is 0 Å². The third-order valence-electron chi connectivity index (χ3n) is 2.88. The molecule has 0 aliphatic heterocycles. The lowest BCUT2D eigenvalue weighted by Gasteiger charge is -2.14. The Kier molecular flexibility index (Phi) is 3.06. The van der Waals surface area contributed by atoms with Gasteiger partial charge in [0.25, 0.3) is 0 Å². The van der Waals surface area contributed by atoms with E-state index in [9.17, 15) is 0 Å². The molecule has 0 fully saturated rings. The van der Waals surface area contributed by atoms with Crippen molar-refractivity contribution in [2.24, 2.45) is 7.05 Å². The topological polar surface area (TPSA) is 29.9 Å². The highest BCUT2D eigenvalue weighted by atomic mass is 15.2. The Morgan fingerprint density at radius 1 is 1.31 bits per heavy atom. The van der Waals surface area contributed by atoms with E-state index < -0.39 is 0 Å². The average Bonchev–Trinajstić information content (AvgIpc) is 2.75. The van der Waals surface area contributed by atoms with Crippen LogP contribution in [0.5, 0.6) is 0 Å². The van der Waals surface area contributed by atoms with Crippen molar-refractivity contribution < 1.29 is 0 Å². The monoisotopic (exact) mass is 215 g/mol. The number of rotatable bonds is 3. The molecule has 1 unspecified atom stereocenters. The molecule has 2 aromatic rings. The van der Waals surface area contributed by atoms with Crippen molar-refractivity contribution in [3.05, 3.63) is 42.2 Å². The predicted octanol–water partition coefficient (Wildman–Crippen LogP) is 2.37. The molecule has 1 N–H and O–H groups in total. The molecule has 0 bridgehead atoms. The molecule has 0 spiro atoms. The van der Waals surface area contributed by atoms with Crippen LogP contribution in [0.4, 0.5) is 0 Å². The highest BCUT2D eigenvalue weighted by molar-refractivity contribution is 5.66. The van der Waals surface area contributed by atoms with Crippen molar-refractivity contribution in [2.75, 3.05) is 7.05 Å². The Balaban J connectivity index is 2.48. The van der Waals surface area contributed by atoms with Gasteiger partial charge in [-0.3, -0.25) is 4.68 Å². The first-order chi connectivity index (χ1) is 7.72. The molecule has 0 aliphatic carbocycles. The summed E-state index contributed by atoms with van der Waals surface area (Å²) in [5, 5.41) is 7.49. The van der Waals surface area contributed by atoms with Crippen molar-refractivity contribution in [1.82, 2.24) is 15.1 Å². The number of hydrogen-bond donors (Lipinski definition) is 1. The smallest absolute Gasteiger partial charge is 0.0568 e. The van der Waals surface area contributed by atoms with Crippen LogP contribution in [-0.2, 0) is 7.05 Å². The molecule has 0 saturated heterocycles. The SMILES string of the molecule is CNC(C)c1ccccc1-c1cnn(C)c1. The molecule has 2 rings (SSSR count). The molecule has 3 nitrogen and oxygen atoms in total. The molecule has 1 atom stereocenters. The molecule has 1 heterocycles. The van der Waals surface area contributed by atoms with E-state index in [4.69, 9.17) is 0 Å². The molecule has 84 valence electrons. The maximum absolute atomic E-state index is 4.22. The second-order valence-corrected chi connectivity index (χ2v) is 4.00. The molecular weight excluding hydrogens is 198 g/mol. The maximum atomic E-state index is 4.22. The Hall–Kier alpha value is -1.61. The first-order valence-corrected chi connectivity index (χ1v) is 5.47. The van der Waals surface area contributed by atoms with Crippen LogP contribution >= 0.6 is 0 Å². The standard InChI is InChI=1S/C13H17N3/c1-10(14-2)12-6-4-5-7-13(12)11-8-15-16(3)9-11/h4-10,14H,1-3H3. The summed E-state index contributed by atoms with van der Waals surface area (Å²) in [4.78, 5) is 0. The fourth-order valence-electron chi connectivity index (χ4n) is 1.85. The molecule has 0 radical (unpaired) electrons. The number of benzene rings is 1. The third-order valence-corrected chi connectivity index (χ3v) is 2.88. The summed E-state index contributed by atoms with van der Waals surface area (Å²) < 4.78 is 1.83. The normalized spacial score (nSPS) is 12.7. The van der Waals surface area contributed by atoms with Gasteiger partial charge in [0.15, 0.2) is 0 Å². The van der Waals surface area contributed by atoms with Gasteiger partial charge in [-0.05, 0) is 25.1 Å². The van der Waals surface area contributed by atoms with E-state index in [1.165, 1.54) is 16.7 Å². The predicted molar refractivity (Wildman–Crippen MR) is 66.1 cm³/mol. The lowest BCUT2D eigenvalue weighted by atomic mass is 9.98. The summed E-state index contributed by atoms with van der Waals surface area (Å²) in [5.41, 5.74) is 3.72. The van der Waals surface area contributed by atoms with Gasteiger partial charge in [-0.25, -0.2) is 0 Å². The van der Waals surface area contributed by atoms with Gasteiger partial charge in [0.1, 0.15) is 0 Å². The molecule has 16 heavy (non-hydrogen) atoms. The van der Waals surface area contributed by atoms with Crippen LogP contribution in [0.2, 0.25) is 0 Å². The van der Waals surface area contributed by atoms with E-state index >= 15 is 0 Å². The molecule has 1 aromatic heterocycles. The van der Waals surface area contributed by atoms with Crippen molar-refractivity contribution in [3.8, 4) is 11.1 Å². The zero-order valence-electron chi connectivity index (χ0n) is 9.94. The summed E-state index contributed by atoms with van der Waals surface area (Å²) >= 11 is 0. The van der Waals surface area contributed by atoms with Crippen LogP contribution in [0.25, 0.3) is 11.1 Å². The fourth-order valence-corrected chi connectivity index (χ4v) is 1.85. The van der Waals surface area contributed by atoms with Crippen molar-refractivity contribution in [2.45, 2.75) is 13.0 Å². The van der Waals surface area contributed by atoms with Crippen molar-refractivity contribution in [3.63, 3.8) is 0 Å². The van der Waals surface area contributed by atoms with E-state index in [0.717, 1.165) is 0 Å². The highest BCUT2D eigenvalue weighted by Crippen LogP contribution is 2.27. The quantitative estimate of drug-likeness (QED) is 0.851. The number of aromatic nitrogens is 2. The van der Waals surface area contributed by atoms with E-state index in [1.54, 1.807) is 0 Å². The van der Waals surface area contributed by atoms with Gasteiger partial charge in [0.05, 0.1) is 6.20 Å². The lowest BCUT2D eigenvalue weighted by Crippen LogP contribution is -2.13. The van der Waals surface area contributed by atoms with Crippen LogP contribution in [0.3, 0.4) is 0 Å². The van der Waals surface area contributed by atoms with Crippen molar-refractivity contribution in [1.29, 1.82) is 0 Å². The second-order valence-electron chi connectivity index (χ2n) is 4.00. The molecule has 0 amide bonds. The minimum atomic E-state index is 0.344. The summed E-state index contributed by atoms with van der Waals surface area (Å²) in [6.45, 7) is 2.16. The molecule has 1 aromatic carbocycles. The average molecular weight is 215 g/mol. The number of hydrogen-bond acceptors (Lipinski definition) is 2.